The number of amides is 1. The van der Waals surface area contributed by atoms with Crippen molar-refractivity contribution in [3.63, 3.8) is 0 Å². The van der Waals surface area contributed by atoms with Crippen LogP contribution in [0.2, 0.25) is 0 Å². The Morgan fingerprint density at radius 1 is 1.14 bits per heavy atom. The molecule has 9 heteroatoms. The molecule has 0 fully saturated rings. The fraction of sp³-hybridized carbons (Fsp3) is 0.154. The summed E-state index contributed by atoms with van der Waals surface area (Å²) in [5.41, 5.74) is 0.889. The zero-order chi connectivity index (χ0) is 16.2. The van der Waals surface area contributed by atoms with Gasteiger partial charge in [0.1, 0.15) is 0 Å². The first-order valence-corrected chi connectivity index (χ1v) is 8.03. The van der Waals surface area contributed by atoms with Crippen molar-refractivity contribution in [2.45, 2.75) is 0 Å². The molecule has 0 saturated carbocycles. The minimum Gasteiger partial charge on any atom is -0.480 e. The van der Waals surface area contributed by atoms with Gasteiger partial charge in [0, 0.05) is 11.8 Å². The molecule has 0 aliphatic rings. The molecule has 1 aromatic heterocycles. The van der Waals surface area contributed by atoms with E-state index in [0.29, 0.717) is 17.3 Å². The van der Waals surface area contributed by atoms with Crippen molar-refractivity contribution in [2.24, 2.45) is 0 Å². The van der Waals surface area contributed by atoms with Crippen molar-refractivity contribution in [1.29, 1.82) is 0 Å². The van der Waals surface area contributed by atoms with Crippen molar-refractivity contribution >= 4 is 27.3 Å². The number of nitrogens with one attached hydrogen (secondary N) is 2. The second-order valence-electron chi connectivity index (χ2n) is 4.37. The second-order valence-corrected chi connectivity index (χ2v) is 6.12. The zero-order valence-corrected chi connectivity index (χ0v) is 12.7. The van der Waals surface area contributed by atoms with Crippen LogP contribution in [0.25, 0.3) is 0 Å². The van der Waals surface area contributed by atoms with E-state index < -0.39 is 15.9 Å². The van der Waals surface area contributed by atoms with Crippen LogP contribution in [0.15, 0.2) is 36.4 Å². The molecule has 1 amide bonds. The molecule has 0 aliphatic carbocycles. The van der Waals surface area contributed by atoms with Gasteiger partial charge in [-0.2, -0.15) is 0 Å². The second kappa shape index (κ2) is 6.39. The maximum atomic E-state index is 12.0. The summed E-state index contributed by atoms with van der Waals surface area (Å²) in [7, 11) is -1.93. The molecule has 0 aliphatic heterocycles. The number of hydrogen-bond acceptors (Lipinski definition) is 6. The molecule has 0 bridgehead atoms. The third kappa shape index (κ3) is 4.42. The lowest BCUT2D eigenvalue weighted by Gasteiger charge is -2.08. The van der Waals surface area contributed by atoms with Gasteiger partial charge in [-0.15, -0.1) is 10.2 Å². The highest BCUT2D eigenvalue weighted by Gasteiger charge is 2.10. The average Bonchev–Trinajstić information content (AvgIpc) is 2.46. The summed E-state index contributed by atoms with van der Waals surface area (Å²) in [5, 5.41) is 10.0. The lowest BCUT2D eigenvalue weighted by molar-refractivity contribution is 0.102. The third-order valence-corrected chi connectivity index (χ3v) is 3.11. The van der Waals surface area contributed by atoms with E-state index in [1.165, 1.54) is 25.3 Å². The van der Waals surface area contributed by atoms with Crippen molar-refractivity contribution in [3.05, 3.63) is 42.1 Å². The van der Waals surface area contributed by atoms with Crippen LogP contribution in [-0.2, 0) is 10.0 Å². The van der Waals surface area contributed by atoms with E-state index in [1.807, 2.05) is 0 Å². The Labute approximate surface area is 127 Å². The first kappa shape index (κ1) is 15.7. The predicted molar refractivity (Wildman–Crippen MR) is 81.4 cm³/mol. The van der Waals surface area contributed by atoms with Gasteiger partial charge in [-0.1, -0.05) is 6.07 Å². The van der Waals surface area contributed by atoms with E-state index in [1.54, 1.807) is 18.2 Å². The number of ether oxygens (including phenoxy) is 1. The SMILES string of the molecule is COc1ccc(C(=O)Nc2cccc(NS(C)(=O)=O)c2)nn1. The predicted octanol–water partition coefficient (Wildman–Crippen LogP) is 1.11. The summed E-state index contributed by atoms with van der Waals surface area (Å²) < 4.78 is 29.6. The molecule has 1 aromatic carbocycles. The van der Waals surface area contributed by atoms with Gasteiger partial charge >= 0.3 is 0 Å². The fourth-order valence-electron chi connectivity index (χ4n) is 1.62. The summed E-state index contributed by atoms with van der Waals surface area (Å²) in [6.45, 7) is 0. The molecular weight excluding hydrogens is 308 g/mol. The largest absolute Gasteiger partial charge is 0.480 e. The Kier molecular flexibility index (Phi) is 4.56. The molecule has 2 rings (SSSR count). The minimum absolute atomic E-state index is 0.113. The number of carbonyl (C=O) groups is 1. The van der Waals surface area contributed by atoms with E-state index in [2.05, 4.69) is 20.2 Å². The van der Waals surface area contributed by atoms with Crippen LogP contribution in [0.3, 0.4) is 0 Å². The molecule has 116 valence electrons. The van der Waals surface area contributed by atoms with Gasteiger partial charge in [0.15, 0.2) is 5.69 Å². The van der Waals surface area contributed by atoms with Crippen LogP contribution >= 0.6 is 0 Å². The molecule has 22 heavy (non-hydrogen) atoms. The van der Waals surface area contributed by atoms with Gasteiger partial charge in [-0.25, -0.2) is 8.42 Å². The van der Waals surface area contributed by atoms with Gasteiger partial charge < -0.3 is 10.1 Å². The molecule has 0 atom stereocenters. The summed E-state index contributed by atoms with van der Waals surface area (Å²) in [6.07, 6.45) is 1.05. The number of methoxy groups -OCH3 is 1. The lowest BCUT2D eigenvalue weighted by atomic mass is 10.2. The molecule has 8 nitrogen and oxygen atoms in total. The van der Waals surface area contributed by atoms with E-state index in [9.17, 15) is 13.2 Å². The molecule has 0 saturated heterocycles. The number of aromatic nitrogens is 2. The zero-order valence-electron chi connectivity index (χ0n) is 11.9. The molecule has 2 N–H and O–H groups in total. The Balaban J connectivity index is 2.12. The summed E-state index contributed by atoms with van der Waals surface area (Å²) in [4.78, 5) is 12.0. The van der Waals surface area contributed by atoms with Crippen LogP contribution in [0.5, 0.6) is 5.88 Å². The highest BCUT2D eigenvalue weighted by molar-refractivity contribution is 7.92. The number of anilines is 2. The van der Waals surface area contributed by atoms with Gasteiger partial charge in [0.2, 0.25) is 15.9 Å². The highest BCUT2D eigenvalue weighted by Crippen LogP contribution is 2.16. The van der Waals surface area contributed by atoms with Crippen molar-refractivity contribution in [1.82, 2.24) is 10.2 Å². The number of carbonyl (C=O) groups excluding carboxylic acids is 1. The van der Waals surface area contributed by atoms with Crippen molar-refractivity contribution in [3.8, 4) is 5.88 Å². The van der Waals surface area contributed by atoms with Crippen molar-refractivity contribution in [2.75, 3.05) is 23.4 Å². The maximum Gasteiger partial charge on any atom is 0.276 e. The summed E-state index contributed by atoms with van der Waals surface area (Å²) in [5.74, 6) is -0.164. The average molecular weight is 322 g/mol. The Morgan fingerprint density at radius 3 is 2.45 bits per heavy atom. The number of hydrogen-bond donors (Lipinski definition) is 2. The smallest absolute Gasteiger partial charge is 0.276 e. The van der Waals surface area contributed by atoms with E-state index in [0.717, 1.165) is 6.26 Å². The first-order chi connectivity index (χ1) is 10.4. The van der Waals surface area contributed by atoms with Crippen LogP contribution in [0, 0.1) is 0 Å². The lowest BCUT2D eigenvalue weighted by Crippen LogP contribution is -2.15. The van der Waals surface area contributed by atoms with Crippen LogP contribution in [0.1, 0.15) is 10.5 Å². The quantitative estimate of drug-likeness (QED) is 0.853. The van der Waals surface area contributed by atoms with Gasteiger partial charge in [0.05, 0.1) is 19.1 Å². The topological polar surface area (TPSA) is 110 Å². The normalized spacial score (nSPS) is 10.8. The van der Waals surface area contributed by atoms with E-state index in [-0.39, 0.29) is 5.69 Å². The molecule has 0 unspecified atom stereocenters. The van der Waals surface area contributed by atoms with Gasteiger partial charge in [0.25, 0.3) is 5.91 Å². The van der Waals surface area contributed by atoms with Gasteiger partial charge in [-0.05, 0) is 24.3 Å². The van der Waals surface area contributed by atoms with E-state index in [4.69, 9.17) is 4.74 Å². The van der Waals surface area contributed by atoms with E-state index >= 15 is 0 Å². The van der Waals surface area contributed by atoms with Crippen LogP contribution in [0.4, 0.5) is 11.4 Å². The molecule has 0 spiro atoms. The summed E-state index contributed by atoms with van der Waals surface area (Å²) >= 11 is 0. The molecule has 0 radical (unpaired) electrons. The Hall–Kier alpha value is -2.68. The summed E-state index contributed by atoms with van der Waals surface area (Å²) in [6, 6.07) is 9.30. The molecule has 1 heterocycles. The Bertz CT molecular complexity index is 775. The maximum absolute atomic E-state index is 12.0. The monoisotopic (exact) mass is 322 g/mol. The first-order valence-electron chi connectivity index (χ1n) is 6.14. The fourth-order valence-corrected chi connectivity index (χ4v) is 2.17. The van der Waals surface area contributed by atoms with Crippen LogP contribution < -0.4 is 14.8 Å². The van der Waals surface area contributed by atoms with Crippen molar-refractivity contribution < 1.29 is 17.9 Å². The molecule has 2 aromatic rings. The third-order valence-electron chi connectivity index (χ3n) is 2.51. The number of nitrogens with zero attached hydrogens (tertiary/aromatic N) is 2. The number of benzene rings is 1. The number of rotatable bonds is 5. The van der Waals surface area contributed by atoms with Gasteiger partial charge in [-0.3, -0.25) is 9.52 Å². The minimum atomic E-state index is -3.38. The Morgan fingerprint density at radius 2 is 1.86 bits per heavy atom. The number of sulfonamides is 1. The van der Waals surface area contributed by atoms with Crippen LogP contribution in [-0.4, -0.2) is 37.9 Å². The standard InChI is InChI=1S/C13H14N4O4S/c1-21-12-7-6-11(15-16-12)13(18)14-9-4-3-5-10(8-9)17-22(2,19)20/h3-8,17H,1-2H3,(H,14,18). The molecular formula is C13H14N4O4S. The highest BCUT2D eigenvalue weighted by atomic mass is 32.2.